The second kappa shape index (κ2) is 8.26. The van der Waals surface area contributed by atoms with E-state index in [0.29, 0.717) is 30.5 Å². The van der Waals surface area contributed by atoms with Gasteiger partial charge in [-0.3, -0.25) is 9.69 Å². The van der Waals surface area contributed by atoms with E-state index in [1.807, 2.05) is 11.9 Å². The fourth-order valence-electron chi connectivity index (χ4n) is 4.26. The first-order chi connectivity index (χ1) is 12.0. The van der Waals surface area contributed by atoms with Crippen molar-refractivity contribution in [1.29, 1.82) is 0 Å². The van der Waals surface area contributed by atoms with Gasteiger partial charge in [-0.15, -0.1) is 0 Å². The first-order valence-electron chi connectivity index (χ1n) is 9.44. The average Bonchev–Trinajstić information content (AvgIpc) is 3.00. The Balaban J connectivity index is 1.48. The highest BCUT2D eigenvalue weighted by atomic mass is 19.1. The zero-order valence-electron chi connectivity index (χ0n) is 15.0. The molecular weight excluding hydrogens is 322 g/mol. The van der Waals surface area contributed by atoms with Crippen LogP contribution in [0.4, 0.5) is 8.78 Å². The highest BCUT2D eigenvalue weighted by Crippen LogP contribution is 2.24. The number of halogens is 2. The van der Waals surface area contributed by atoms with Crippen LogP contribution in [0.1, 0.15) is 44.1 Å². The highest BCUT2D eigenvalue weighted by Gasteiger charge is 2.28. The lowest BCUT2D eigenvalue weighted by molar-refractivity contribution is -0.133. The Kier molecular flexibility index (Phi) is 6.05. The van der Waals surface area contributed by atoms with E-state index >= 15 is 0 Å². The van der Waals surface area contributed by atoms with E-state index in [4.69, 9.17) is 0 Å². The topological polar surface area (TPSA) is 23.6 Å². The maximum Gasteiger partial charge on any atom is 0.236 e. The lowest BCUT2D eigenvalue weighted by Crippen LogP contribution is -2.43. The first-order valence-corrected chi connectivity index (χ1v) is 9.44. The molecule has 1 aromatic carbocycles. The van der Waals surface area contributed by atoms with Gasteiger partial charge < -0.3 is 4.90 Å². The lowest BCUT2D eigenvalue weighted by Gasteiger charge is -2.32. The molecule has 0 spiro atoms. The van der Waals surface area contributed by atoms with Crippen LogP contribution < -0.4 is 0 Å². The predicted molar refractivity (Wildman–Crippen MR) is 94.3 cm³/mol. The number of likely N-dealkylation sites (tertiary alicyclic amines) is 1. The van der Waals surface area contributed by atoms with Crippen molar-refractivity contribution in [1.82, 2.24) is 9.80 Å². The molecule has 1 atom stereocenters. The van der Waals surface area contributed by atoms with Gasteiger partial charge in [0.15, 0.2) is 0 Å². The molecule has 1 aliphatic heterocycles. The van der Waals surface area contributed by atoms with E-state index in [0.717, 1.165) is 38.4 Å². The molecule has 0 bridgehead atoms. The summed E-state index contributed by atoms with van der Waals surface area (Å²) in [5, 5.41) is 0. The fraction of sp³-hybridized carbons (Fsp3) is 0.650. The standard InChI is InChI=1S/C20H28F2N2O/c1-23(19-5-3-2-4-6-19)20(25)14-24-8-7-15(13-24)9-16-10-17(21)12-18(22)11-16/h10-12,15,19H,2-9,13-14H2,1H3. The Bertz CT molecular complexity index is 581. The van der Waals surface area contributed by atoms with Crippen LogP contribution in [-0.2, 0) is 11.2 Å². The van der Waals surface area contributed by atoms with Crippen molar-refractivity contribution in [3.05, 3.63) is 35.4 Å². The van der Waals surface area contributed by atoms with Gasteiger partial charge in [0.1, 0.15) is 11.6 Å². The summed E-state index contributed by atoms with van der Waals surface area (Å²) in [5.74, 6) is -0.485. The van der Waals surface area contributed by atoms with Crippen LogP contribution in [0.2, 0.25) is 0 Å². The van der Waals surface area contributed by atoms with Gasteiger partial charge in [-0.1, -0.05) is 19.3 Å². The molecule has 25 heavy (non-hydrogen) atoms. The second-order valence-electron chi connectivity index (χ2n) is 7.67. The number of hydrogen-bond donors (Lipinski definition) is 0. The van der Waals surface area contributed by atoms with Crippen molar-refractivity contribution in [3.63, 3.8) is 0 Å². The molecule has 0 aromatic heterocycles. The molecule has 1 saturated carbocycles. The minimum absolute atomic E-state index is 0.198. The Hall–Kier alpha value is -1.49. The second-order valence-corrected chi connectivity index (χ2v) is 7.67. The summed E-state index contributed by atoms with van der Waals surface area (Å²) >= 11 is 0. The summed E-state index contributed by atoms with van der Waals surface area (Å²) in [6.07, 6.45) is 7.60. The molecule has 1 heterocycles. The van der Waals surface area contributed by atoms with Crippen LogP contribution in [-0.4, -0.2) is 48.4 Å². The monoisotopic (exact) mass is 350 g/mol. The van der Waals surface area contributed by atoms with Crippen molar-refractivity contribution < 1.29 is 13.6 Å². The first kappa shape index (κ1) is 18.3. The minimum Gasteiger partial charge on any atom is -0.342 e. The molecule has 138 valence electrons. The number of amides is 1. The van der Waals surface area contributed by atoms with Crippen LogP contribution >= 0.6 is 0 Å². The molecule has 1 aromatic rings. The summed E-state index contributed by atoms with van der Waals surface area (Å²) in [5.41, 5.74) is 0.704. The molecule has 3 rings (SSSR count). The number of carbonyl (C=O) groups is 1. The number of benzene rings is 1. The summed E-state index contributed by atoms with van der Waals surface area (Å²) in [6, 6.07) is 4.13. The number of carbonyl (C=O) groups excluding carboxylic acids is 1. The maximum absolute atomic E-state index is 13.3. The molecule has 2 aliphatic rings. The van der Waals surface area contributed by atoms with Gasteiger partial charge in [0.05, 0.1) is 6.54 Å². The molecule has 3 nitrogen and oxygen atoms in total. The van der Waals surface area contributed by atoms with Crippen LogP contribution in [0.3, 0.4) is 0 Å². The maximum atomic E-state index is 13.3. The van der Waals surface area contributed by atoms with E-state index in [-0.39, 0.29) is 5.91 Å². The summed E-state index contributed by atoms with van der Waals surface area (Å²) in [4.78, 5) is 16.7. The van der Waals surface area contributed by atoms with E-state index in [1.54, 1.807) is 0 Å². The molecule has 0 N–H and O–H groups in total. The third-order valence-corrected chi connectivity index (χ3v) is 5.69. The summed E-state index contributed by atoms with van der Waals surface area (Å²) in [7, 11) is 1.93. The van der Waals surface area contributed by atoms with Gasteiger partial charge in [0.2, 0.25) is 5.91 Å². The number of nitrogens with zero attached hydrogens (tertiary/aromatic N) is 2. The summed E-state index contributed by atoms with van der Waals surface area (Å²) < 4.78 is 26.6. The van der Waals surface area contributed by atoms with Gasteiger partial charge >= 0.3 is 0 Å². The van der Waals surface area contributed by atoms with Gasteiger partial charge in [-0.05, 0) is 55.8 Å². The largest absolute Gasteiger partial charge is 0.342 e. The van der Waals surface area contributed by atoms with Crippen LogP contribution in [0.5, 0.6) is 0 Å². The van der Waals surface area contributed by atoms with Crippen molar-refractivity contribution in [2.24, 2.45) is 5.92 Å². The number of likely N-dealkylation sites (N-methyl/N-ethyl adjacent to an activating group) is 1. The van der Waals surface area contributed by atoms with E-state index in [1.165, 1.54) is 31.4 Å². The zero-order chi connectivity index (χ0) is 17.8. The quantitative estimate of drug-likeness (QED) is 0.810. The Morgan fingerprint density at radius 3 is 2.48 bits per heavy atom. The van der Waals surface area contributed by atoms with E-state index in [2.05, 4.69) is 4.90 Å². The predicted octanol–water partition coefficient (Wildman–Crippen LogP) is 3.62. The van der Waals surface area contributed by atoms with Gasteiger partial charge in [-0.25, -0.2) is 8.78 Å². The Morgan fingerprint density at radius 2 is 1.80 bits per heavy atom. The highest BCUT2D eigenvalue weighted by molar-refractivity contribution is 5.78. The lowest BCUT2D eigenvalue weighted by atomic mass is 9.94. The van der Waals surface area contributed by atoms with Crippen molar-refractivity contribution >= 4 is 5.91 Å². The van der Waals surface area contributed by atoms with E-state index in [9.17, 15) is 13.6 Å². The molecule has 5 heteroatoms. The van der Waals surface area contributed by atoms with Crippen molar-refractivity contribution in [2.45, 2.75) is 51.0 Å². The molecule has 2 fully saturated rings. The molecule has 1 aliphatic carbocycles. The number of hydrogen-bond acceptors (Lipinski definition) is 2. The van der Waals surface area contributed by atoms with Gasteiger partial charge in [0, 0.05) is 25.7 Å². The normalized spacial score (nSPS) is 22.3. The SMILES string of the molecule is CN(C(=O)CN1CCC(Cc2cc(F)cc(F)c2)C1)C1CCCCC1. The molecular formula is C20H28F2N2O. The third-order valence-electron chi connectivity index (χ3n) is 5.69. The Morgan fingerprint density at radius 1 is 1.12 bits per heavy atom. The van der Waals surface area contributed by atoms with Gasteiger partial charge in [-0.2, -0.15) is 0 Å². The minimum atomic E-state index is -0.519. The van der Waals surface area contributed by atoms with Crippen LogP contribution in [0.15, 0.2) is 18.2 Å². The molecule has 1 amide bonds. The average molecular weight is 350 g/mol. The Labute approximate surface area is 149 Å². The van der Waals surface area contributed by atoms with Crippen molar-refractivity contribution in [3.8, 4) is 0 Å². The molecule has 0 radical (unpaired) electrons. The van der Waals surface area contributed by atoms with E-state index < -0.39 is 11.6 Å². The zero-order valence-corrected chi connectivity index (χ0v) is 15.0. The third kappa shape index (κ3) is 5.00. The van der Waals surface area contributed by atoms with Crippen LogP contribution in [0.25, 0.3) is 0 Å². The summed E-state index contributed by atoms with van der Waals surface area (Å²) in [6.45, 7) is 2.16. The van der Waals surface area contributed by atoms with Crippen LogP contribution in [0, 0.1) is 17.6 Å². The molecule has 1 saturated heterocycles. The smallest absolute Gasteiger partial charge is 0.236 e. The fourth-order valence-corrected chi connectivity index (χ4v) is 4.26. The van der Waals surface area contributed by atoms with Gasteiger partial charge in [0.25, 0.3) is 0 Å². The van der Waals surface area contributed by atoms with Crippen molar-refractivity contribution in [2.75, 3.05) is 26.7 Å². The molecule has 1 unspecified atom stereocenters. The number of rotatable bonds is 5.